The lowest BCUT2D eigenvalue weighted by Crippen LogP contribution is -2.61. The molecule has 5 heteroatoms. The molecule has 160 valence electrons. The highest BCUT2D eigenvalue weighted by atomic mass is 16.5. The van der Waals surface area contributed by atoms with Crippen LogP contribution >= 0.6 is 0 Å². The normalized spacial score (nSPS) is 17.8. The summed E-state index contributed by atoms with van der Waals surface area (Å²) in [6, 6.07) is 19.3. The molecule has 2 atom stereocenters. The van der Waals surface area contributed by atoms with Gasteiger partial charge in [0.2, 0.25) is 6.10 Å². The van der Waals surface area contributed by atoms with Gasteiger partial charge in [0.25, 0.3) is 5.91 Å². The third-order valence-electron chi connectivity index (χ3n) is 5.91. The number of rotatable bonds is 6. The number of anilines is 1. The number of β-lactam (4-membered cyclic amide) rings is 1. The quantitative estimate of drug-likeness (QED) is 0.520. The first kappa shape index (κ1) is 20.8. The maximum atomic E-state index is 13.3. The van der Waals surface area contributed by atoms with Crippen molar-refractivity contribution in [3.63, 3.8) is 0 Å². The van der Waals surface area contributed by atoms with Crippen LogP contribution in [-0.2, 0) is 4.79 Å². The Hall–Kier alpha value is -3.47. The first-order valence-corrected chi connectivity index (χ1v) is 10.3. The number of methoxy groups -OCH3 is 2. The molecule has 0 unspecified atom stereocenters. The van der Waals surface area contributed by atoms with Crippen molar-refractivity contribution >= 4 is 11.6 Å². The van der Waals surface area contributed by atoms with E-state index in [1.165, 1.54) is 5.56 Å². The molecule has 0 aromatic heterocycles. The van der Waals surface area contributed by atoms with E-state index < -0.39 is 6.10 Å². The van der Waals surface area contributed by atoms with Gasteiger partial charge in [-0.1, -0.05) is 30.3 Å². The minimum atomic E-state index is -0.624. The van der Waals surface area contributed by atoms with Crippen LogP contribution < -0.4 is 19.1 Å². The van der Waals surface area contributed by atoms with Crippen LogP contribution in [0.1, 0.15) is 28.3 Å². The van der Waals surface area contributed by atoms with Crippen molar-refractivity contribution in [2.45, 2.75) is 32.9 Å². The van der Waals surface area contributed by atoms with Gasteiger partial charge in [0.15, 0.2) is 11.5 Å². The summed E-state index contributed by atoms with van der Waals surface area (Å²) >= 11 is 0. The lowest BCUT2D eigenvalue weighted by molar-refractivity contribution is -0.135. The predicted molar refractivity (Wildman–Crippen MR) is 121 cm³/mol. The minimum absolute atomic E-state index is 0.0636. The molecule has 3 aromatic carbocycles. The summed E-state index contributed by atoms with van der Waals surface area (Å²) in [5.41, 5.74) is 5.10. The second-order valence-electron chi connectivity index (χ2n) is 7.84. The van der Waals surface area contributed by atoms with E-state index in [9.17, 15) is 4.79 Å². The lowest BCUT2D eigenvalue weighted by atomic mass is 9.89. The van der Waals surface area contributed by atoms with E-state index in [0.29, 0.717) is 17.2 Å². The van der Waals surface area contributed by atoms with Crippen LogP contribution in [0.5, 0.6) is 17.2 Å². The Kier molecular flexibility index (Phi) is 5.59. The highest BCUT2D eigenvalue weighted by Crippen LogP contribution is 2.44. The Balaban J connectivity index is 1.76. The van der Waals surface area contributed by atoms with Gasteiger partial charge in [-0.05, 0) is 73.4 Å². The topological polar surface area (TPSA) is 48.0 Å². The number of amides is 1. The molecule has 0 N–H and O–H groups in total. The van der Waals surface area contributed by atoms with Crippen molar-refractivity contribution in [2.24, 2.45) is 0 Å². The Morgan fingerprint density at radius 1 is 0.742 bits per heavy atom. The van der Waals surface area contributed by atoms with Crippen LogP contribution in [-0.4, -0.2) is 26.2 Å². The molecule has 0 radical (unpaired) electrons. The van der Waals surface area contributed by atoms with Gasteiger partial charge in [-0.3, -0.25) is 9.69 Å². The van der Waals surface area contributed by atoms with Gasteiger partial charge < -0.3 is 14.2 Å². The fraction of sp³-hybridized carbons (Fsp3) is 0.269. The molecule has 0 bridgehead atoms. The zero-order valence-electron chi connectivity index (χ0n) is 18.5. The van der Waals surface area contributed by atoms with E-state index in [1.54, 1.807) is 19.1 Å². The highest BCUT2D eigenvalue weighted by molar-refractivity contribution is 6.05. The molecule has 1 fully saturated rings. The van der Waals surface area contributed by atoms with Crippen molar-refractivity contribution < 1.29 is 19.0 Å². The van der Waals surface area contributed by atoms with Crippen LogP contribution in [0, 0.1) is 20.8 Å². The fourth-order valence-corrected chi connectivity index (χ4v) is 3.93. The lowest BCUT2D eigenvalue weighted by Gasteiger charge is -2.47. The molecule has 31 heavy (non-hydrogen) atoms. The summed E-state index contributed by atoms with van der Waals surface area (Å²) in [7, 11) is 3.21. The first-order chi connectivity index (χ1) is 14.9. The van der Waals surface area contributed by atoms with Crippen molar-refractivity contribution in [3.8, 4) is 17.2 Å². The molecule has 1 amide bonds. The summed E-state index contributed by atoms with van der Waals surface area (Å²) in [5, 5.41) is 0. The number of para-hydroxylation sites is 1. The molecule has 5 nitrogen and oxygen atoms in total. The number of benzene rings is 3. The van der Waals surface area contributed by atoms with E-state index in [4.69, 9.17) is 14.2 Å². The fourth-order valence-electron chi connectivity index (χ4n) is 3.93. The number of carbonyl (C=O) groups is 1. The zero-order valence-corrected chi connectivity index (χ0v) is 18.5. The molecule has 3 aromatic rings. The highest BCUT2D eigenvalue weighted by Gasteiger charge is 2.51. The zero-order chi connectivity index (χ0) is 22.1. The van der Waals surface area contributed by atoms with E-state index >= 15 is 0 Å². The summed E-state index contributed by atoms with van der Waals surface area (Å²) in [6.07, 6.45) is -0.624. The number of nitrogens with zero attached hydrogens (tertiary/aromatic N) is 1. The third kappa shape index (κ3) is 3.72. The van der Waals surface area contributed by atoms with E-state index in [2.05, 4.69) is 13.8 Å². The maximum absolute atomic E-state index is 13.3. The number of carbonyl (C=O) groups excluding carboxylic acids is 1. The average Bonchev–Trinajstić information content (AvgIpc) is 2.78. The van der Waals surface area contributed by atoms with Crippen LogP contribution in [0.2, 0.25) is 0 Å². The summed E-state index contributed by atoms with van der Waals surface area (Å²) < 4.78 is 17.1. The Bertz CT molecular complexity index is 1120. The van der Waals surface area contributed by atoms with Gasteiger partial charge in [-0.15, -0.1) is 0 Å². The van der Waals surface area contributed by atoms with Crippen molar-refractivity contribution in [1.82, 2.24) is 0 Å². The van der Waals surface area contributed by atoms with Gasteiger partial charge in [-0.2, -0.15) is 0 Å². The van der Waals surface area contributed by atoms with Crippen LogP contribution in [0.25, 0.3) is 0 Å². The number of hydrogen-bond acceptors (Lipinski definition) is 4. The monoisotopic (exact) mass is 417 g/mol. The Morgan fingerprint density at radius 3 is 2.16 bits per heavy atom. The molecule has 0 saturated carbocycles. The molecular weight excluding hydrogens is 390 g/mol. The molecule has 1 heterocycles. The standard InChI is InChI=1S/C26H27NO4/c1-16-10-12-20(14-18(16)3)27-24(19-11-13-22(29-4)23(15-19)30-5)25(26(27)28)31-21-9-7-6-8-17(21)2/h6-15,24-25H,1-5H3/t24-,25+/m1/s1. The van der Waals surface area contributed by atoms with Crippen molar-refractivity contribution in [3.05, 3.63) is 82.9 Å². The molecule has 1 aliphatic rings. The Morgan fingerprint density at radius 2 is 1.48 bits per heavy atom. The van der Waals surface area contributed by atoms with Crippen molar-refractivity contribution in [1.29, 1.82) is 0 Å². The van der Waals surface area contributed by atoms with E-state index in [0.717, 1.165) is 22.4 Å². The van der Waals surface area contributed by atoms with E-state index in [1.807, 2.05) is 67.6 Å². The van der Waals surface area contributed by atoms with Gasteiger partial charge in [0.05, 0.1) is 14.2 Å². The van der Waals surface area contributed by atoms with Crippen molar-refractivity contribution in [2.75, 3.05) is 19.1 Å². The van der Waals surface area contributed by atoms with Gasteiger partial charge in [-0.25, -0.2) is 0 Å². The molecule has 0 aliphatic carbocycles. The van der Waals surface area contributed by atoms with E-state index in [-0.39, 0.29) is 11.9 Å². The molecule has 4 rings (SSSR count). The van der Waals surface area contributed by atoms with Gasteiger partial charge in [0, 0.05) is 5.69 Å². The molecule has 0 spiro atoms. The maximum Gasteiger partial charge on any atom is 0.271 e. The number of hydrogen-bond donors (Lipinski definition) is 0. The number of aryl methyl sites for hydroxylation is 3. The average molecular weight is 418 g/mol. The summed E-state index contributed by atoms with van der Waals surface area (Å²) in [6.45, 7) is 6.09. The van der Waals surface area contributed by atoms with Crippen LogP contribution in [0.15, 0.2) is 60.7 Å². The van der Waals surface area contributed by atoms with Gasteiger partial charge in [0.1, 0.15) is 11.8 Å². The predicted octanol–water partition coefficient (Wildman–Crippen LogP) is 5.16. The smallest absolute Gasteiger partial charge is 0.271 e. The summed E-state index contributed by atoms with van der Waals surface area (Å²) in [5.74, 6) is 1.91. The first-order valence-electron chi connectivity index (χ1n) is 10.3. The largest absolute Gasteiger partial charge is 0.493 e. The second kappa shape index (κ2) is 8.34. The SMILES string of the molecule is COc1ccc([C@@H]2[C@H](Oc3ccccc3C)C(=O)N2c2ccc(C)c(C)c2)cc1OC. The van der Waals surface area contributed by atoms with Crippen LogP contribution in [0.3, 0.4) is 0 Å². The minimum Gasteiger partial charge on any atom is -0.493 e. The molecular formula is C26H27NO4. The van der Waals surface area contributed by atoms with Gasteiger partial charge >= 0.3 is 0 Å². The molecule has 1 saturated heterocycles. The second-order valence-corrected chi connectivity index (χ2v) is 7.84. The Labute approximate surface area is 183 Å². The molecule has 1 aliphatic heterocycles. The summed E-state index contributed by atoms with van der Waals surface area (Å²) in [4.78, 5) is 15.1. The van der Waals surface area contributed by atoms with Crippen LogP contribution in [0.4, 0.5) is 5.69 Å². The number of ether oxygens (including phenoxy) is 3. The third-order valence-corrected chi connectivity index (χ3v) is 5.91.